The number of rotatable bonds is 5. The molecule has 4 heteroatoms. The maximum Gasteiger partial charge on any atom is 0.311 e. The zero-order valence-electron chi connectivity index (χ0n) is 12.1. The summed E-state index contributed by atoms with van der Waals surface area (Å²) in [7, 11) is 3.79. The van der Waals surface area contributed by atoms with Gasteiger partial charge in [0.1, 0.15) is 5.82 Å². The lowest BCUT2D eigenvalue weighted by molar-refractivity contribution is -0.138. The van der Waals surface area contributed by atoms with Crippen molar-refractivity contribution in [2.45, 2.75) is 12.3 Å². The monoisotopic (exact) mass is 287 g/mol. The van der Waals surface area contributed by atoms with E-state index in [-0.39, 0.29) is 12.2 Å². The Labute approximate surface area is 123 Å². The van der Waals surface area contributed by atoms with Crippen molar-refractivity contribution in [1.29, 1.82) is 0 Å². The Morgan fingerprint density at radius 2 is 1.90 bits per heavy atom. The van der Waals surface area contributed by atoms with Crippen molar-refractivity contribution in [2.75, 3.05) is 19.0 Å². The second-order valence-electron chi connectivity index (χ2n) is 5.18. The summed E-state index contributed by atoms with van der Waals surface area (Å²) in [4.78, 5) is 13.5. The van der Waals surface area contributed by atoms with Crippen LogP contribution < -0.4 is 4.90 Å². The van der Waals surface area contributed by atoms with E-state index < -0.39 is 11.9 Å². The molecular weight excluding hydrogens is 269 g/mol. The molecule has 0 amide bonds. The second kappa shape index (κ2) is 6.39. The number of aliphatic carboxylic acids is 1. The lowest BCUT2D eigenvalue weighted by Crippen LogP contribution is -2.16. The highest BCUT2D eigenvalue weighted by Crippen LogP contribution is 2.25. The smallest absolute Gasteiger partial charge is 0.311 e. The molecule has 0 bridgehead atoms. The fourth-order valence-electron chi connectivity index (χ4n) is 2.25. The quantitative estimate of drug-likeness (QED) is 0.917. The van der Waals surface area contributed by atoms with Gasteiger partial charge in [-0.3, -0.25) is 4.79 Å². The molecule has 2 aromatic rings. The Bertz CT molecular complexity index is 640. The average Bonchev–Trinajstić information content (AvgIpc) is 2.46. The van der Waals surface area contributed by atoms with Crippen molar-refractivity contribution in [3.05, 3.63) is 65.5 Å². The molecule has 0 spiro atoms. The first-order valence-corrected chi connectivity index (χ1v) is 6.72. The maximum absolute atomic E-state index is 13.7. The minimum atomic E-state index is -0.950. The molecule has 0 heterocycles. The number of carbonyl (C=O) groups is 1. The molecule has 0 aliphatic heterocycles. The molecule has 0 saturated heterocycles. The van der Waals surface area contributed by atoms with Crippen LogP contribution in [0.15, 0.2) is 48.5 Å². The van der Waals surface area contributed by atoms with Crippen LogP contribution in [0.2, 0.25) is 0 Å². The van der Waals surface area contributed by atoms with Crippen LogP contribution >= 0.6 is 0 Å². The van der Waals surface area contributed by atoms with Gasteiger partial charge in [-0.2, -0.15) is 0 Å². The summed E-state index contributed by atoms with van der Waals surface area (Å²) in [6.45, 7) is 0. The first-order chi connectivity index (χ1) is 9.99. The number of nitrogens with zero attached hydrogens (tertiary/aromatic N) is 1. The number of carboxylic acid groups (broad SMARTS) is 1. The predicted octanol–water partition coefficient (Wildman–Crippen LogP) is 3.30. The number of benzene rings is 2. The molecule has 0 aliphatic rings. The molecule has 110 valence electrons. The van der Waals surface area contributed by atoms with E-state index in [1.54, 1.807) is 24.3 Å². The van der Waals surface area contributed by atoms with Gasteiger partial charge >= 0.3 is 5.97 Å². The van der Waals surface area contributed by atoms with Gasteiger partial charge in [-0.15, -0.1) is 0 Å². The van der Waals surface area contributed by atoms with Crippen molar-refractivity contribution in [3.8, 4) is 0 Å². The molecule has 1 atom stereocenters. The Balaban J connectivity index is 2.34. The number of carboxylic acids is 1. The average molecular weight is 287 g/mol. The number of halogens is 1. The maximum atomic E-state index is 13.7. The lowest BCUT2D eigenvalue weighted by atomic mass is 9.91. The van der Waals surface area contributed by atoms with Gasteiger partial charge in [-0.1, -0.05) is 30.3 Å². The molecule has 1 N–H and O–H groups in total. The van der Waals surface area contributed by atoms with E-state index in [1.807, 2.05) is 37.2 Å². The zero-order chi connectivity index (χ0) is 15.4. The van der Waals surface area contributed by atoms with Gasteiger partial charge in [0.2, 0.25) is 0 Å². The summed E-state index contributed by atoms with van der Waals surface area (Å²) >= 11 is 0. The van der Waals surface area contributed by atoms with E-state index in [9.17, 15) is 14.3 Å². The van der Waals surface area contributed by atoms with E-state index >= 15 is 0 Å². The molecule has 0 fully saturated rings. The van der Waals surface area contributed by atoms with E-state index in [4.69, 9.17) is 0 Å². The fraction of sp³-hybridized carbons (Fsp3) is 0.235. The van der Waals surface area contributed by atoms with Crippen molar-refractivity contribution in [3.63, 3.8) is 0 Å². The van der Waals surface area contributed by atoms with Crippen molar-refractivity contribution >= 4 is 11.7 Å². The highest BCUT2D eigenvalue weighted by Gasteiger charge is 2.22. The molecule has 2 rings (SSSR count). The van der Waals surface area contributed by atoms with Gasteiger partial charge in [0.05, 0.1) is 5.92 Å². The number of hydrogen-bond acceptors (Lipinski definition) is 2. The number of hydrogen-bond donors (Lipinski definition) is 1. The molecule has 0 aromatic heterocycles. The van der Waals surface area contributed by atoms with Crippen LogP contribution in [0, 0.1) is 5.82 Å². The third-order valence-corrected chi connectivity index (χ3v) is 3.47. The first-order valence-electron chi connectivity index (χ1n) is 6.72. The van der Waals surface area contributed by atoms with Crippen LogP contribution in [0.4, 0.5) is 10.1 Å². The lowest BCUT2D eigenvalue weighted by Gasteiger charge is -2.17. The van der Waals surface area contributed by atoms with E-state index in [1.165, 1.54) is 6.07 Å². The third kappa shape index (κ3) is 3.60. The van der Waals surface area contributed by atoms with Crippen molar-refractivity contribution < 1.29 is 14.3 Å². The van der Waals surface area contributed by atoms with Crippen LogP contribution in [0.3, 0.4) is 0 Å². The SMILES string of the molecule is CN(C)c1cccc(C(Cc2ccccc2F)C(=O)O)c1. The topological polar surface area (TPSA) is 40.5 Å². The Kier molecular flexibility index (Phi) is 4.58. The minimum absolute atomic E-state index is 0.138. The highest BCUT2D eigenvalue weighted by molar-refractivity contribution is 5.77. The highest BCUT2D eigenvalue weighted by atomic mass is 19.1. The van der Waals surface area contributed by atoms with Gasteiger partial charge in [0.25, 0.3) is 0 Å². The van der Waals surface area contributed by atoms with Gasteiger partial charge in [-0.05, 0) is 35.7 Å². The predicted molar refractivity (Wildman–Crippen MR) is 81.2 cm³/mol. The van der Waals surface area contributed by atoms with E-state index in [0.29, 0.717) is 11.1 Å². The fourth-order valence-corrected chi connectivity index (χ4v) is 2.25. The minimum Gasteiger partial charge on any atom is -0.481 e. The summed E-state index contributed by atoms with van der Waals surface area (Å²) in [5.41, 5.74) is 2.02. The molecular formula is C17H18FNO2. The van der Waals surface area contributed by atoms with Crippen LogP contribution in [0.5, 0.6) is 0 Å². The van der Waals surface area contributed by atoms with Crippen LogP contribution in [-0.2, 0) is 11.2 Å². The van der Waals surface area contributed by atoms with Gasteiger partial charge in [0.15, 0.2) is 0 Å². The summed E-state index contributed by atoms with van der Waals surface area (Å²) in [6.07, 6.45) is 0.138. The Morgan fingerprint density at radius 1 is 1.19 bits per heavy atom. The third-order valence-electron chi connectivity index (χ3n) is 3.47. The van der Waals surface area contributed by atoms with Gasteiger partial charge in [-0.25, -0.2) is 4.39 Å². The van der Waals surface area contributed by atoms with Gasteiger partial charge < -0.3 is 10.0 Å². The second-order valence-corrected chi connectivity index (χ2v) is 5.18. The van der Waals surface area contributed by atoms with Gasteiger partial charge in [0, 0.05) is 19.8 Å². The summed E-state index contributed by atoms with van der Waals surface area (Å²) in [5.74, 6) is -2.08. The molecule has 3 nitrogen and oxygen atoms in total. The largest absolute Gasteiger partial charge is 0.481 e. The standard InChI is InChI=1S/C17H18FNO2/c1-19(2)14-8-5-7-12(10-14)15(17(20)21)11-13-6-3-4-9-16(13)18/h3-10,15H,11H2,1-2H3,(H,20,21). The molecule has 0 saturated carbocycles. The van der Waals surface area contributed by atoms with Crippen molar-refractivity contribution in [1.82, 2.24) is 0 Å². The molecule has 1 unspecified atom stereocenters. The molecule has 21 heavy (non-hydrogen) atoms. The first kappa shape index (κ1) is 15.0. The molecule has 2 aromatic carbocycles. The van der Waals surface area contributed by atoms with Crippen LogP contribution in [-0.4, -0.2) is 25.2 Å². The normalized spacial score (nSPS) is 12.0. The number of anilines is 1. The van der Waals surface area contributed by atoms with E-state index in [2.05, 4.69) is 0 Å². The Morgan fingerprint density at radius 3 is 2.52 bits per heavy atom. The molecule has 0 aliphatic carbocycles. The molecule has 0 radical (unpaired) electrons. The van der Waals surface area contributed by atoms with Crippen molar-refractivity contribution in [2.24, 2.45) is 0 Å². The summed E-state index contributed by atoms with van der Waals surface area (Å²) in [6, 6.07) is 13.6. The van der Waals surface area contributed by atoms with E-state index in [0.717, 1.165) is 5.69 Å². The summed E-state index contributed by atoms with van der Waals surface area (Å²) < 4.78 is 13.7. The van der Waals surface area contributed by atoms with Crippen LogP contribution in [0.25, 0.3) is 0 Å². The van der Waals surface area contributed by atoms with Crippen LogP contribution in [0.1, 0.15) is 17.0 Å². The summed E-state index contributed by atoms with van der Waals surface area (Å²) in [5, 5.41) is 9.47. The zero-order valence-corrected chi connectivity index (χ0v) is 12.1. The Hall–Kier alpha value is -2.36.